The molecular weight excluding hydrogens is 338 g/mol. The smallest absolute Gasteiger partial charge is 0.333 e. The number of carbonyl (C=O) groups is 2. The van der Waals surface area contributed by atoms with E-state index in [1.807, 2.05) is 0 Å². The van der Waals surface area contributed by atoms with Crippen LogP contribution < -0.4 is 5.73 Å². The minimum atomic E-state index is -0.556. The number of rotatable bonds is 20. The maximum atomic E-state index is 11.5. The van der Waals surface area contributed by atoms with Gasteiger partial charge in [0.15, 0.2) is 0 Å². The second kappa shape index (κ2) is 19.4. The van der Waals surface area contributed by atoms with Gasteiger partial charge < -0.3 is 10.5 Å². The van der Waals surface area contributed by atoms with Crippen molar-refractivity contribution in [2.45, 2.75) is 116 Å². The van der Waals surface area contributed by atoms with Gasteiger partial charge in [0.25, 0.3) is 0 Å². The highest BCUT2D eigenvalue weighted by molar-refractivity contribution is 5.94. The van der Waals surface area contributed by atoms with Crippen molar-refractivity contribution in [2.75, 3.05) is 6.61 Å². The monoisotopic (exact) mass is 381 g/mol. The van der Waals surface area contributed by atoms with E-state index in [2.05, 4.69) is 13.5 Å². The van der Waals surface area contributed by atoms with Crippen LogP contribution in [-0.2, 0) is 14.3 Å². The quantitative estimate of drug-likeness (QED) is 0.154. The first-order valence-corrected chi connectivity index (χ1v) is 11.2. The fraction of sp³-hybridized carbons (Fsp3) is 0.826. The van der Waals surface area contributed by atoms with E-state index in [0.717, 1.165) is 12.8 Å². The Labute approximate surface area is 167 Å². The van der Waals surface area contributed by atoms with E-state index in [-0.39, 0.29) is 12.0 Å². The normalized spacial score (nSPS) is 10.7. The molecule has 0 aromatic rings. The molecule has 0 aliphatic heterocycles. The topological polar surface area (TPSA) is 69.4 Å². The summed E-state index contributed by atoms with van der Waals surface area (Å²) in [6.07, 6.45) is 20.9. The van der Waals surface area contributed by atoms with Gasteiger partial charge in [0.1, 0.15) is 0 Å². The van der Waals surface area contributed by atoms with Crippen LogP contribution in [-0.4, -0.2) is 18.5 Å². The molecule has 0 heterocycles. The zero-order chi connectivity index (χ0) is 20.2. The Kier molecular flexibility index (Phi) is 18.5. The van der Waals surface area contributed by atoms with Crippen molar-refractivity contribution >= 4 is 11.9 Å². The number of hydrogen-bond donors (Lipinski definition) is 1. The highest BCUT2D eigenvalue weighted by Gasteiger charge is 2.10. The predicted molar refractivity (Wildman–Crippen MR) is 113 cm³/mol. The third kappa shape index (κ3) is 19.3. The van der Waals surface area contributed by atoms with Crippen LogP contribution in [0.25, 0.3) is 0 Å². The molecule has 27 heavy (non-hydrogen) atoms. The number of nitrogens with two attached hydrogens (primary N) is 1. The molecule has 0 aromatic heterocycles. The number of primary amides is 1. The van der Waals surface area contributed by atoms with Crippen LogP contribution >= 0.6 is 0 Å². The van der Waals surface area contributed by atoms with Crippen LogP contribution in [0.3, 0.4) is 0 Å². The molecule has 0 aromatic carbocycles. The Hall–Kier alpha value is -1.32. The van der Waals surface area contributed by atoms with Crippen LogP contribution in [0.2, 0.25) is 0 Å². The lowest BCUT2D eigenvalue weighted by Gasteiger charge is -2.06. The van der Waals surface area contributed by atoms with Gasteiger partial charge in [-0.1, -0.05) is 110 Å². The van der Waals surface area contributed by atoms with Gasteiger partial charge in [-0.25, -0.2) is 4.79 Å². The summed E-state index contributed by atoms with van der Waals surface area (Å²) in [7, 11) is 0. The third-order valence-corrected chi connectivity index (χ3v) is 4.91. The van der Waals surface area contributed by atoms with Gasteiger partial charge in [0.2, 0.25) is 5.91 Å². The van der Waals surface area contributed by atoms with Gasteiger partial charge >= 0.3 is 5.97 Å². The second-order valence-electron chi connectivity index (χ2n) is 7.69. The average Bonchev–Trinajstić information content (AvgIpc) is 2.63. The Morgan fingerprint density at radius 1 is 0.704 bits per heavy atom. The van der Waals surface area contributed by atoms with Crippen molar-refractivity contribution in [1.82, 2.24) is 0 Å². The molecule has 0 radical (unpaired) electrons. The summed E-state index contributed by atoms with van der Waals surface area (Å²) in [6.45, 7) is 6.18. The molecule has 158 valence electrons. The molecule has 0 aliphatic carbocycles. The second-order valence-corrected chi connectivity index (χ2v) is 7.69. The Morgan fingerprint density at radius 2 is 1.07 bits per heavy atom. The van der Waals surface area contributed by atoms with Crippen molar-refractivity contribution in [1.29, 1.82) is 0 Å². The van der Waals surface area contributed by atoms with Gasteiger partial charge in [-0.05, 0) is 6.42 Å². The van der Waals surface area contributed by atoms with E-state index in [4.69, 9.17) is 10.5 Å². The van der Waals surface area contributed by atoms with E-state index >= 15 is 0 Å². The summed E-state index contributed by atoms with van der Waals surface area (Å²) in [5, 5.41) is 0. The third-order valence-electron chi connectivity index (χ3n) is 4.91. The first-order valence-electron chi connectivity index (χ1n) is 11.2. The van der Waals surface area contributed by atoms with Crippen molar-refractivity contribution in [2.24, 2.45) is 5.73 Å². The average molecular weight is 382 g/mol. The zero-order valence-corrected chi connectivity index (χ0v) is 17.7. The SMILES string of the molecule is C=C(CC(N)=O)C(=O)OCCCCCCCCCCCCCCCCCC. The molecule has 0 rings (SSSR count). The van der Waals surface area contributed by atoms with Crippen LogP contribution in [0, 0.1) is 0 Å². The van der Waals surface area contributed by atoms with Gasteiger partial charge in [-0.3, -0.25) is 4.79 Å². The maximum Gasteiger partial charge on any atom is 0.333 e. The molecule has 4 heteroatoms. The molecule has 0 fully saturated rings. The van der Waals surface area contributed by atoms with E-state index in [9.17, 15) is 9.59 Å². The molecule has 0 saturated heterocycles. The van der Waals surface area contributed by atoms with Gasteiger partial charge in [0.05, 0.1) is 13.0 Å². The molecular formula is C23H43NO3. The zero-order valence-electron chi connectivity index (χ0n) is 17.7. The number of amides is 1. The molecule has 0 bridgehead atoms. The van der Waals surface area contributed by atoms with E-state index in [1.54, 1.807) is 0 Å². The minimum absolute atomic E-state index is 0.127. The molecule has 0 atom stereocenters. The molecule has 4 nitrogen and oxygen atoms in total. The van der Waals surface area contributed by atoms with E-state index < -0.39 is 11.9 Å². The molecule has 1 amide bonds. The molecule has 2 N–H and O–H groups in total. The fourth-order valence-electron chi connectivity index (χ4n) is 3.20. The Bertz CT molecular complexity index is 393. The summed E-state index contributed by atoms with van der Waals surface area (Å²) >= 11 is 0. The number of ether oxygens (including phenoxy) is 1. The lowest BCUT2D eigenvalue weighted by atomic mass is 10.0. The predicted octanol–water partition coefficient (Wildman–Crippen LogP) is 6.22. The lowest BCUT2D eigenvalue weighted by molar-refractivity contribution is -0.140. The van der Waals surface area contributed by atoms with Crippen molar-refractivity contribution in [3.05, 3.63) is 12.2 Å². The summed E-state index contributed by atoms with van der Waals surface area (Å²) in [6, 6.07) is 0. The van der Waals surface area contributed by atoms with Crippen LogP contribution in [0.4, 0.5) is 0 Å². The number of esters is 1. The Balaban J connectivity index is 3.20. The molecule has 0 spiro atoms. The first-order chi connectivity index (χ1) is 13.1. The van der Waals surface area contributed by atoms with Crippen molar-refractivity contribution in [3.8, 4) is 0 Å². The molecule has 0 saturated carbocycles. The summed E-state index contributed by atoms with van der Waals surface area (Å²) < 4.78 is 5.08. The maximum absolute atomic E-state index is 11.5. The minimum Gasteiger partial charge on any atom is -0.462 e. The molecule has 0 aliphatic rings. The number of carbonyl (C=O) groups excluding carboxylic acids is 2. The summed E-state index contributed by atoms with van der Waals surface area (Å²) in [5.41, 5.74) is 5.16. The van der Waals surface area contributed by atoms with E-state index in [1.165, 1.54) is 89.9 Å². The van der Waals surface area contributed by atoms with Gasteiger partial charge in [-0.15, -0.1) is 0 Å². The fourth-order valence-corrected chi connectivity index (χ4v) is 3.20. The van der Waals surface area contributed by atoms with Crippen LogP contribution in [0.15, 0.2) is 12.2 Å². The largest absolute Gasteiger partial charge is 0.462 e. The van der Waals surface area contributed by atoms with Crippen LogP contribution in [0.1, 0.15) is 116 Å². The highest BCUT2D eigenvalue weighted by atomic mass is 16.5. The number of hydrogen-bond acceptors (Lipinski definition) is 3. The summed E-state index contributed by atoms with van der Waals surface area (Å²) in [5.74, 6) is -1.06. The first kappa shape index (κ1) is 25.7. The van der Waals surface area contributed by atoms with Crippen LogP contribution in [0.5, 0.6) is 0 Å². The van der Waals surface area contributed by atoms with Crippen molar-refractivity contribution < 1.29 is 14.3 Å². The standard InChI is InChI=1S/C23H43NO3/c1-3-4-5-6-7-8-9-10-11-12-13-14-15-16-17-18-19-27-23(26)21(2)20-22(24)25/h2-20H2,1H3,(H2,24,25). The Morgan fingerprint density at radius 3 is 1.44 bits per heavy atom. The lowest BCUT2D eigenvalue weighted by Crippen LogP contribution is -2.16. The molecule has 0 unspecified atom stereocenters. The highest BCUT2D eigenvalue weighted by Crippen LogP contribution is 2.13. The van der Waals surface area contributed by atoms with E-state index in [0.29, 0.717) is 6.61 Å². The summed E-state index contributed by atoms with van der Waals surface area (Å²) in [4.78, 5) is 22.2. The number of unbranched alkanes of at least 4 members (excludes halogenated alkanes) is 15. The van der Waals surface area contributed by atoms with Gasteiger partial charge in [-0.2, -0.15) is 0 Å². The van der Waals surface area contributed by atoms with Crippen molar-refractivity contribution in [3.63, 3.8) is 0 Å². The van der Waals surface area contributed by atoms with Gasteiger partial charge in [0, 0.05) is 5.57 Å².